The summed E-state index contributed by atoms with van der Waals surface area (Å²) in [6.07, 6.45) is -0.263. The van der Waals surface area contributed by atoms with Crippen molar-refractivity contribution in [2.24, 2.45) is 5.92 Å². The van der Waals surface area contributed by atoms with Crippen LogP contribution in [0.1, 0.15) is 19.4 Å². The molecule has 0 aliphatic rings. The van der Waals surface area contributed by atoms with Gasteiger partial charge >= 0.3 is 0 Å². The van der Waals surface area contributed by atoms with Gasteiger partial charge < -0.3 is 10.4 Å². The van der Waals surface area contributed by atoms with Gasteiger partial charge in [-0.2, -0.15) is 0 Å². The highest BCUT2D eigenvalue weighted by molar-refractivity contribution is 9.10. The van der Waals surface area contributed by atoms with E-state index in [-0.39, 0.29) is 6.10 Å². The summed E-state index contributed by atoms with van der Waals surface area (Å²) in [4.78, 5) is 0. The molecule has 0 fully saturated rings. The maximum Gasteiger partial charge on any atom is 0.0687 e. The Morgan fingerprint density at radius 3 is 2.40 bits per heavy atom. The Hall–Kier alpha value is -0.380. The standard InChI is InChI=1S/C12H18BrNO/c1-9(2)12(15)8-14-7-10-3-5-11(13)6-4-10/h3-6,9,12,14-15H,7-8H2,1-2H3. The summed E-state index contributed by atoms with van der Waals surface area (Å²) in [6.45, 7) is 5.49. The third-order valence-electron chi connectivity index (χ3n) is 2.37. The fraction of sp³-hybridized carbons (Fsp3) is 0.500. The molecule has 0 bridgehead atoms. The Morgan fingerprint density at radius 2 is 1.87 bits per heavy atom. The number of hydrogen-bond acceptors (Lipinski definition) is 2. The topological polar surface area (TPSA) is 32.3 Å². The molecule has 0 radical (unpaired) electrons. The van der Waals surface area contributed by atoms with Gasteiger partial charge in [-0.05, 0) is 23.6 Å². The van der Waals surface area contributed by atoms with Crippen molar-refractivity contribution in [3.63, 3.8) is 0 Å². The molecule has 0 heterocycles. The van der Waals surface area contributed by atoms with Gasteiger partial charge in [0.1, 0.15) is 0 Å². The third-order valence-corrected chi connectivity index (χ3v) is 2.89. The van der Waals surface area contributed by atoms with Gasteiger partial charge in [0.25, 0.3) is 0 Å². The highest BCUT2D eigenvalue weighted by atomic mass is 79.9. The molecule has 1 aromatic rings. The average molecular weight is 272 g/mol. The molecule has 84 valence electrons. The zero-order chi connectivity index (χ0) is 11.3. The van der Waals surface area contributed by atoms with Gasteiger partial charge in [0, 0.05) is 17.6 Å². The Bertz CT molecular complexity index is 284. The van der Waals surface area contributed by atoms with Crippen LogP contribution in [0.2, 0.25) is 0 Å². The Balaban J connectivity index is 2.29. The van der Waals surface area contributed by atoms with E-state index in [2.05, 4.69) is 33.4 Å². The van der Waals surface area contributed by atoms with Crippen LogP contribution in [0.3, 0.4) is 0 Å². The molecule has 0 saturated carbocycles. The maximum absolute atomic E-state index is 9.58. The van der Waals surface area contributed by atoms with Crippen LogP contribution in [-0.4, -0.2) is 17.8 Å². The zero-order valence-corrected chi connectivity index (χ0v) is 10.8. The molecule has 0 aliphatic heterocycles. The molecule has 1 unspecified atom stereocenters. The fourth-order valence-corrected chi connectivity index (χ4v) is 1.47. The minimum absolute atomic E-state index is 0.263. The lowest BCUT2D eigenvalue weighted by Gasteiger charge is -2.15. The van der Waals surface area contributed by atoms with Crippen LogP contribution in [-0.2, 0) is 6.54 Å². The van der Waals surface area contributed by atoms with Gasteiger partial charge in [-0.1, -0.05) is 41.9 Å². The van der Waals surface area contributed by atoms with E-state index in [0.29, 0.717) is 12.5 Å². The first-order valence-electron chi connectivity index (χ1n) is 5.23. The largest absolute Gasteiger partial charge is 0.392 e. The molecular formula is C12H18BrNO. The Labute approximate surface area is 99.8 Å². The molecule has 1 aromatic carbocycles. The van der Waals surface area contributed by atoms with Gasteiger partial charge in [0.05, 0.1) is 6.10 Å². The van der Waals surface area contributed by atoms with Crippen molar-refractivity contribution in [3.05, 3.63) is 34.3 Å². The first-order chi connectivity index (χ1) is 7.09. The van der Waals surface area contributed by atoms with Crippen LogP contribution in [0.15, 0.2) is 28.7 Å². The number of rotatable bonds is 5. The van der Waals surface area contributed by atoms with E-state index in [0.717, 1.165) is 11.0 Å². The van der Waals surface area contributed by atoms with E-state index in [9.17, 15) is 5.11 Å². The summed E-state index contributed by atoms with van der Waals surface area (Å²) in [5.74, 6) is 0.308. The van der Waals surface area contributed by atoms with Crippen LogP contribution >= 0.6 is 15.9 Å². The highest BCUT2D eigenvalue weighted by Crippen LogP contribution is 2.10. The van der Waals surface area contributed by atoms with Gasteiger partial charge in [-0.3, -0.25) is 0 Å². The van der Waals surface area contributed by atoms with E-state index in [4.69, 9.17) is 0 Å². The highest BCUT2D eigenvalue weighted by Gasteiger charge is 2.07. The Kier molecular flexibility index (Phi) is 5.29. The van der Waals surface area contributed by atoms with Crippen molar-refractivity contribution in [1.82, 2.24) is 5.32 Å². The van der Waals surface area contributed by atoms with Crippen LogP contribution in [0.5, 0.6) is 0 Å². The van der Waals surface area contributed by atoms with Crippen molar-refractivity contribution < 1.29 is 5.11 Å². The maximum atomic E-state index is 9.58. The number of benzene rings is 1. The molecule has 0 aromatic heterocycles. The van der Waals surface area contributed by atoms with Crippen LogP contribution in [0.25, 0.3) is 0 Å². The number of aliphatic hydroxyl groups is 1. The lowest BCUT2D eigenvalue weighted by molar-refractivity contribution is 0.123. The molecule has 2 N–H and O–H groups in total. The summed E-state index contributed by atoms with van der Waals surface area (Å²) in [7, 11) is 0. The minimum Gasteiger partial charge on any atom is -0.392 e. The van der Waals surface area contributed by atoms with Gasteiger partial charge in [-0.15, -0.1) is 0 Å². The fourth-order valence-electron chi connectivity index (χ4n) is 1.20. The van der Waals surface area contributed by atoms with Crippen molar-refractivity contribution in [3.8, 4) is 0 Å². The van der Waals surface area contributed by atoms with Crippen molar-refractivity contribution in [2.75, 3.05) is 6.54 Å². The lowest BCUT2D eigenvalue weighted by atomic mass is 10.1. The second-order valence-electron chi connectivity index (χ2n) is 4.07. The summed E-state index contributed by atoms with van der Waals surface area (Å²) in [5, 5.41) is 12.8. The molecule has 0 saturated heterocycles. The van der Waals surface area contributed by atoms with Gasteiger partial charge in [0.15, 0.2) is 0 Å². The number of aliphatic hydroxyl groups excluding tert-OH is 1. The normalized spacial score (nSPS) is 13.1. The van der Waals surface area contributed by atoms with Crippen LogP contribution in [0.4, 0.5) is 0 Å². The monoisotopic (exact) mass is 271 g/mol. The SMILES string of the molecule is CC(C)C(O)CNCc1ccc(Br)cc1. The molecule has 0 spiro atoms. The lowest BCUT2D eigenvalue weighted by Crippen LogP contribution is -2.30. The predicted molar refractivity (Wildman–Crippen MR) is 66.7 cm³/mol. The van der Waals surface area contributed by atoms with E-state index < -0.39 is 0 Å². The molecule has 15 heavy (non-hydrogen) atoms. The molecule has 2 nitrogen and oxygen atoms in total. The number of halogens is 1. The van der Waals surface area contributed by atoms with Gasteiger partial charge in [0.2, 0.25) is 0 Å². The summed E-state index contributed by atoms with van der Waals surface area (Å²) < 4.78 is 1.09. The number of nitrogens with one attached hydrogen (secondary N) is 1. The Morgan fingerprint density at radius 1 is 1.27 bits per heavy atom. The molecule has 3 heteroatoms. The van der Waals surface area contributed by atoms with E-state index in [1.165, 1.54) is 5.56 Å². The first-order valence-corrected chi connectivity index (χ1v) is 6.02. The molecular weight excluding hydrogens is 254 g/mol. The molecule has 0 amide bonds. The zero-order valence-electron chi connectivity index (χ0n) is 9.20. The summed E-state index contributed by atoms with van der Waals surface area (Å²) in [5.41, 5.74) is 1.23. The summed E-state index contributed by atoms with van der Waals surface area (Å²) >= 11 is 3.40. The van der Waals surface area contributed by atoms with Crippen molar-refractivity contribution in [1.29, 1.82) is 0 Å². The van der Waals surface area contributed by atoms with Crippen molar-refractivity contribution >= 4 is 15.9 Å². The van der Waals surface area contributed by atoms with Gasteiger partial charge in [-0.25, -0.2) is 0 Å². The molecule has 1 rings (SSSR count). The predicted octanol–water partition coefficient (Wildman–Crippen LogP) is 2.56. The second kappa shape index (κ2) is 6.26. The van der Waals surface area contributed by atoms with E-state index >= 15 is 0 Å². The molecule has 1 atom stereocenters. The van der Waals surface area contributed by atoms with E-state index in [1.54, 1.807) is 0 Å². The van der Waals surface area contributed by atoms with Crippen LogP contribution in [0, 0.1) is 5.92 Å². The third kappa shape index (κ3) is 4.78. The number of hydrogen-bond donors (Lipinski definition) is 2. The first kappa shape index (κ1) is 12.7. The van der Waals surface area contributed by atoms with E-state index in [1.807, 2.05) is 26.0 Å². The minimum atomic E-state index is -0.263. The quantitative estimate of drug-likeness (QED) is 0.863. The second-order valence-corrected chi connectivity index (χ2v) is 4.98. The van der Waals surface area contributed by atoms with Crippen LogP contribution < -0.4 is 5.32 Å². The van der Waals surface area contributed by atoms with Crippen molar-refractivity contribution in [2.45, 2.75) is 26.5 Å². The average Bonchev–Trinajstić information content (AvgIpc) is 2.20. The summed E-state index contributed by atoms with van der Waals surface area (Å²) in [6, 6.07) is 8.18. The smallest absolute Gasteiger partial charge is 0.0687 e. The molecule has 0 aliphatic carbocycles.